The van der Waals surface area contributed by atoms with Crippen molar-refractivity contribution in [3.8, 4) is 0 Å². The van der Waals surface area contributed by atoms with Crippen molar-refractivity contribution in [1.82, 2.24) is 10.2 Å². The molecule has 2 heterocycles. The van der Waals surface area contributed by atoms with Crippen LogP contribution >= 0.6 is 0 Å². The first kappa shape index (κ1) is 11.9. The number of piperidine rings is 1. The van der Waals surface area contributed by atoms with Gasteiger partial charge in [0.15, 0.2) is 0 Å². The van der Waals surface area contributed by atoms with Crippen LogP contribution < -0.4 is 5.32 Å². The summed E-state index contributed by atoms with van der Waals surface area (Å²) in [5, 5.41) is 12.2. The van der Waals surface area contributed by atoms with Gasteiger partial charge in [0.25, 0.3) is 0 Å². The molecular formula is C12H22N2O2. The second-order valence-corrected chi connectivity index (χ2v) is 5.16. The molecule has 4 heteroatoms. The minimum atomic E-state index is -0.710. The maximum Gasteiger partial charge on any atom is 0.304 e. The van der Waals surface area contributed by atoms with Crippen molar-refractivity contribution in [2.24, 2.45) is 0 Å². The van der Waals surface area contributed by atoms with Gasteiger partial charge in [-0.2, -0.15) is 0 Å². The second-order valence-electron chi connectivity index (χ2n) is 5.16. The van der Waals surface area contributed by atoms with E-state index in [4.69, 9.17) is 5.11 Å². The Hall–Kier alpha value is -0.610. The predicted octanol–water partition coefficient (Wildman–Crippen LogP) is 1.07. The minimum absolute atomic E-state index is 0.0874. The Morgan fingerprint density at radius 2 is 2.25 bits per heavy atom. The van der Waals surface area contributed by atoms with Crippen LogP contribution in [0.15, 0.2) is 0 Å². The molecule has 0 spiro atoms. The first-order valence-electron chi connectivity index (χ1n) is 6.38. The number of hydrogen-bond acceptors (Lipinski definition) is 3. The highest BCUT2D eigenvalue weighted by atomic mass is 16.4. The van der Waals surface area contributed by atoms with Crippen LogP contribution in [-0.4, -0.2) is 47.2 Å². The highest BCUT2D eigenvalue weighted by molar-refractivity contribution is 5.67. The summed E-state index contributed by atoms with van der Waals surface area (Å²) >= 11 is 0. The number of carboxylic acid groups (broad SMARTS) is 1. The van der Waals surface area contributed by atoms with Gasteiger partial charge in [0.1, 0.15) is 0 Å². The fourth-order valence-corrected chi connectivity index (χ4v) is 3.13. The zero-order chi connectivity index (χ0) is 11.5. The van der Waals surface area contributed by atoms with Crippen LogP contribution in [0.5, 0.6) is 0 Å². The monoisotopic (exact) mass is 226 g/mol. The molecule has 2 saturated heterocycles. The third kappa shape index (κ3) is 2.74. The molecule has 0 saturated carbocycles. The Labute approximate surface area is 97.0 Å². The van der Waals surface area contributed by atoms with Crippen molar-refractivity contribution in [3.05, 3.63) is 0 Å². The second kappa shape index (κ2) is 5.15. The van der Waals surface area contributed by atoms with Crippen LogP contribution in [0.4, 0.5) is 0 Å². The predicted molar refractivity (Wildman–Crippen MR) is 62.5 cm³/mol. The molecule has 92 valence electrons. The zero-order valence-electron chi connectivity index (χ0n) is 9.98. The van der Waals surface area contributed by atoms with E-state index in [1.54, 1.807) is 0 Å². The van der Waals surface area contributed by atoms with Crippen LogP contribution in [0.25, 0.3) is 0 Å². The lowest BCUT2D eigenvalue weighted by Crippen LogP contribution is -2.47. The van der Waals surface area contributed by atoms with Gasteiger partial charge in [0, 0.05) is 24.7 Å². The average Bonchev–Trinajstić information content (AvgIpc) is 2.61. The molecule has 3 atom stereocenters. The molecule has 0 aromatic carbocycles. The molecule has 0 bridgehead atoms. The zero-order valence-corrected chi connectivity index (χ0v) is 9.98. The van der Waals surface area contributed by atoms with E-state index in [-0.39, 0.29) is 12.5 Å². The number of rotatable bonds is 4. The summed E-state index contributed by atoms with van der Waals surface area (Å²) in [5.41, 5.74) is 0. The Morgan fingerprint density at radius 3 is 3.00 bits per heavy atom. The molecule has 4 nitrogen and oxygen atoms in total. The van der Waals surface area contributed by atoms with E-state index < -0.39 is 5.97 Å². The van der Waals surface area contributed by atoms with Crippen LogP contribution in [-0.2, 0) is 4.79 Å². The summed E-state index contributed by atoms with van der Waals surface area (Å²) in [4.78, 5) is 13.2. The van der Waals surface area contributed by atoms with Crippen molar-refractivity contribution < 1.29 is 9.90 Å². The highest BCUT2D eigenvalue weighted by Gasteiger charge is 2.35. The van der Waals surface area contributed by atoms with Gasteiger partial charge in [-0.25, -0.2) is 0 Å². The number of nitrogens with zero attached hydrogens (tertiary/aromatic N) is 1. The molecule has 2 aliphatic rings. The molecule has 3 unspecified atom stereocenters. The summed E-state index contributed by atoms with van der Waals surface area (Å²) in [7, 11) is 0. The fourth-order valence-electron chi connectivity index (χ4n) is 3.13. The average molecular weight is 226 g/mol. The molecule has 2 fully saturated rings. The van der Waals surface area contributed by atoms with Gasteiger partial charge in [-0.3, -0.25) is 9.69 Å². The van der Waals surface area contributed by atoms with E-state index >= 15 is 0 Å². The lowest BCUT2D eigenvalue weighted by atomic mass is 9.98. The Bertz CT molecular complexity index is 257. The van der Waals surface area contributed by atoms with E-state index in [1.807, 2.05) is 6.92 Å². The van der Waals surface area contributed by atoms with E-state index in [0.29, 0.717) is 12.1 Å². The molecule has 2 aliphatic heterocycles. The van der Waals surface area contributed by atoms with Gasteiger partial charge in [-0.05, 0) is 32.7 Å². The quantitative estimate of drug-likeness (QED) is 0.753. The first-order valence-corrected chi connectivity index (χ1v) is 6.38. The van der Waals surface area contributed by atoms with E-state index in [0.717, 1.165) is 0 Å². The van der Waals surface area contributed by atoms with Crippen LogP contribution in [0.2, 0.25) is 0 Å². The fraction of sp³-hybridized carbons (Fsp3) is 0.917. The normalized spacial score (nSPS) is 32.3. The molecule has 2 N–H and O–H groups in total. The number of carboxylic acids is 1. The lowest BCUT2D eigenvalue weighted by Gasteiger charge is -2.33. The molecular weight excluding hydrogens is 204 g/mol. The maximum absolute atomic E-state index is 10.6. The largest absolute Gasteiger partial charge is 0.481 e. The molecule has 0 amide bonds. The maximum atomic E-state index is 10.6. The van der Waals surface area contributed by atoms with E-state index in [9.17, 15) is 4.79 Å². The number of aliphatic carboxylic acids is 1. The van der Waals surface area contributed by atoms with E-state index in [1.165, 1.54) is 38.8 Å². The molecule has 0 aromatic rings. The SMILES string of the molecule is CC(CC(=O)O)NC1CCN2CCCCC12. The van der Waals surface area contributed by atoms with Crippen molar-refractivity contribution >= 4 is 5.97 Å². The minimum Gasteiger partial charge on any atom is -0.481 e. The van der Waals surface area contributed by atoms with Gasteiger partial charge in [0.2, 0.25) is 0 Å². The van der Waals surface area contributed by atoms with Gasteiger partial charge in [-0.1, -0.05) is 6.42 Å². The standard InChI is InChI=1S/C12H22N2O2/c1-9(8-12(15)16)13-10-5-7-14-6-3-2-4-11(10)14/h9-11,13H,2-8H2,1H3,(H,15,16). The van der Waals surface area contributed by atoms with E-state index in [2.05, 4.69) is 10.2 Å². The molecule has 0 radical (unpaired) electrons. The van der Waals surface area contributed by atoms with Gasteiger partial charge in [0.05, 0.1) is 6.42 Å². The Kier molecular flexibility index (Phi) is 3.82. The van der Waals surface area contributed by atoms with Crippen molar-refractivity contribution in [2.75, 3.05) is 13.1 Å². The number of nitrogens with one attached hydrogen (secondary N) is 1. The summed E-state index contributed by atoms with van der Waals surface area (Å²) < 4.78 is 0. The van der Waals surface area contributed by atoms with Crippen LogP contribution in [0, 0.1) is 0 Å². The summed E-state index contributed by atoms with van der Waals surface area (Å²) in [6.45, 7) is 4.39. The number of hydrogen-bond donors (Lipinski definition) is 2. The van der Waals surface area contributed by atoms with Gasteiger partial charge < -0.3 is 10.4 Å². The van der Waals surface area contributed by atoms with Crippen LogP contribution in [0.3, 0.4) is 0 Å². The summed E-state index contributed by atoms with van der Waals surface area (Å²) in [5.74, 6) is -0.710. The van der Waals surface area contributed by atoms with Crippen LogP contribution in [0.1, 0.15) is 39.0 Å². The van der Waals surface area contributed by atoms with Gasteiger partial charge in [-0.15, -0.1) is 0 Å². The Morgan fingerprint density at radius 1 is 1.44 bits per heavy atom. The molecule has 0 aliphatic carbocycles. The van der Waals surface area contributed by atoms with Crippen molar-refractivity contribution in [3.63, 3.8) is 0 Å². The van der Waals surface area contributed by atoms with Crippen molar-refractivity contribution in [1.29, 1.82) is 0 Å². The topological polar surface area (TPSA) is 52.6 Å². The van der Waals surface area contributed by atoms with Gasteiger partial charge >= 0.3 is 5.97 Å². The highest BCUT2D eigenvalue weighted by Crippen LogP contribution is 2.27. The number of fused-ring (bicyclic) bond motifs is 1. The molecule has 2 rings (SSSR count). The number of carbonyl (C=O) groups is 1. The summed E-state index contributed by atoms with van der Waals surface area (Å²) in [6.07, 6.45) is 5.33. The lowest BCUT2D eigenvalue weighted by molar-refractivity contribution is -0.137. The smallest absolute Gasteiger partial charge is 0.304 e. The third-order valence-electron chi connectivity index (χ3n) is 3.84. The van der Waals surface area contributed by atoms with Crippen molar-refractivity contribution in [2.45, 2.75) is 57.2 Å². The molecule has 16 heavy (non-hydrogen) atoms. The third-order valence-corrected chi connectivity index (χ3v) is 3.84. The molecule has 0 aromatic heterocycles. The summed E-state index contributed by atoms with van der Waals surface area (Å²) in [6, 6.07) is 1.25. The Balaban J connectivity index is 1.83. The first-order chi connectivity index (χ1) is 7.66.